The fraction of sp³-hybridized carbons (Fsp3) is 0.263. The van der Waals surface area contributed by atoms with Gasteiger partial charge in [-0.2, -0.15) is 0 Å². The Hall–Kier alpha value is -2.67. The monoisotopic (exact) mass is 365 g/mol. The van der Waals surface area contributed by atoms with E-state index in [0.29, 0.717) is 0 Å². The van der Waals surface area contributed by atoms with Crippen LogP contribution >= 0.6 is 11.8 Å². The topological polar surface area (TPSA) is 63.9 Å². The van der Waals surface area contributed by atoms with Crippen molar-refractivity contribution >= 4 is 23.4 Å². The first-order chi connectivity index (χ1) is 12.6. The van der Waals surface area contributed by atoms with Crippen molar-refractivity contribution in [1.82, 2.24) is 19.7 Å². The summed E-state index contributed by atoms with van der Waals surface area (Å²) in [5.74, 6) is 0.870. The number of carbonyl (C=O) groups excluding carboxylic acids is 1. The Morgan fingerprint density at radius 1 is 1.15 bits per heavy atom. The lowest BCUT2D eigenvalue weighted by molar-refractivity contribution is -0.117. The van der Waals surface area contributed by atoms with E-state index < -0.39 is 0 Å². The molecule has 2 aromatic heterocycles. The van der Waals surface area contributed by atoms with Gasteiger partial charge in [0.05, 0.1) is 5.25 Å². The smallest absolute Gasteiger partial charge is 0.240 e. The second-order valence-electron chi connectivity index (χ2n) is 6.23. The summed E-state index contributed by atoms with van der Waals surface area (Å²) in [6, 6.07) is 11.9. The predicted molar refractivity (Wildman–Crippen MR) is 102 cm³/mol. The van der Waals surface area contributed by atoms with Gasteiger partial charge in [0.1, 0.15) is 0 Å². The number of nitrogens with zero attached hydrogens (tertiary/aromatic N) is 5. The van der Waals surface area contributed by atoms with Gasteiger partial charge in [0.2, 0.25) is 5.91 Å². The summed E-state index contributed by atoms with van der Waals surface area (Å²) in [4.78, 5) is 18.9. The Bertz CT molecular complexity index is 940. The molecular formula is C19H19N5OS. The highest BCUT2D eigenvalue weighted by atomic mass is 32.2. The second kappa shape index (κ2) is 6.92. The van der Waals surface area contributed by atoms with Gasteiger partial charge in [0, 0.05) is 37.2 Å². The van der Waals surface area contributed by atoms with Crippen LogP contribution in [0.25, 0.3) is 11.4 Å². The van der Waals surface area contributed by atoms with E-state index in [4.69, 9.17) is 0 Å². The molecule has 1 aliphatic rings. The Balaban J connectivity index is 1.52. The highest BCUT2D eigenvalue weighted by molar-refractivity contribution is 8.00. The van der Waals surface area contributed by atoms with Gasteiger partial charge in [-0.15, -0.1) is 10.2 Å². The summed E-state index contributed by atoms with van der Waals surface area (Å²) in [5.41, 5.74) is 3.21. The van der Waals surface area contributed by atoms with E-state index in [0.717, 1.165) is 35.2 Å². The van der Waals surface area contributed by atoms with E-state index in [1.165, 1.54) is 17.3 Å². The van der Waals surface area contributed by atoms with E-state index >= 15 is 0 Å². The van der Waals surface area contributed by atoms with Gasteiger partial charge >= 0.3 is 0 Å². The van der Waals surface area contributed by atoms with Crippen molar-refractivity contribution in [3.05, 3.63) is 54.4 Å². The van der Waals surface area contributed by atoms with Crippen LogP contribution in [0.15, 0.2) is 53.9 Å². The minimum Gasteiger partial charge on any atom is -0.311 e. The molecule has 132 valence electrons. The maximum Gasteiger partial charge on any atom is 0.240 e. The Labute approximate surface area is 156 Å². The average Bonchev–Trinajstić information content (AvgIpc) is 3.26. The van der Waals surface area contributed by atoms with Gasteiger partial charge in [0.15, 0.2) is 11.0 Å². The summed E-state index contributed by atoms with van der Waals surface area (Å²) in [7, 11) is 1.92. The number of benzene rings is 1. The van der Waals surface area contributed by atoms with Crippen molar-refractivity contribution < 1.29 is 4.79 Å². The van der Waals surface area contributed by atoms with Crippen LogP contribution in [0.5, 0.6) is 0 Å². The maximum atomic E-state index is 12.9. The molecule has 4 rings (SSSR count). The lowest BCUT2D eigenvalue weighted by Gasteiger charge is -2.21. The molecule has 6 nitrogen and oxygen atoms in total. The third-order valence-corrected chi connectivity index (χ3v) is 5.68. The molecule has 1 amide bonds. The summed E-state index contributed by atoms with van der Waals surface area (Å²) in [6.45, 7) is 2.67. The summed E-state index contributed by atoms with van der Waals surface area (Å²) in [5, 5.41) is 9.03. The lowest BCUT2D eigenvalue weighted by Crippen LogP contribution is -2.35. The lowest BCUT2D eigenvalue weighted by atomic mass is 10.2. The minimum atomic E-state index is -0.241. The molecule has 0 bridgehead atoms. The van der Waals surface area contributed by atoms with Crippen molar-refractivity contribution in [3.8, 4) is 11.4 Å². The normalized spacial score (nSPS) is 14.3. The third kappa shape index (κ3) is 2.99. The van der Waals surface area contributed by atoms with Crippen LogP contribution in [0.1, 0.15) is 12.5 Å². The van der Waals surface area contributed by atoms with Gasteiger partial charge < -0.3 is 9.47 Å². The fourth-order valence-electron chi connectivity index (χ4n) is 3.17. The largest absolute Gasteiger partial charge is 0.311 e. The van der Waals surface area contributed by atoms with Crippen molar-refractivity contribution in [2.24, 2.45) is 7.05 Å². The summed E-state index contributed by atoms with van der Waals surface area (Å²) < 4.78 is 1.92. The zero-order chi connectivity index (χ0) is 18.1. The first kappa shape index (κ1) is 16.8. The van der Waals surface area contributed by atoms with Crippen LogP contribution in [0.3, 0.4) is 0 Å². The molecule has 0 saturated carbocycles. The van der Waals surface area contributed by atoms with Gasteiger partial charge in [0.25, 0.3) is 0 Å². The number of carbonyl (C=O) groups is 1. The van der Waals surface area contributed by atoms with Crippen LogP contribution in [0, 0.1) is 0 Å². The van der Waals surface area contributed by atoms with Crippen molar-refractivity contribution in [2.45, 2.75) is 23.8 Å². The molecule has 0 N–H and O–H groups in total. The number of rotatable bonds is 4. The minimum absolute atomic E-state index is 0.105. The van der Waals surface area contributed by atoms with Gasteiger partial charge in [-0.1, -0.05) is 30.0 Å². The van der Waals surface area contributed by atoms with Crippen molar-refractivity contribution in [3.63, 3.8) is 0 Å². The number of aromatic nitrogens is 4. The van der Waals surface area contributed by atoms with E-state index in [1.54, 1.807) is 12.4 Å². The van der Waals surface area contributed by atoms with Crippen molar-refractivity contribution in [1.29, 1.82) is 0 Å². The number of hydrogen-bond acceptors (Lipinski definition) is 5. The maximum absolute atomic E-state index is 12.9. The van der Waals surface area contributed by atoms with E-state index in [1.807, 2.05) is 53.8 Å². The molecule has 1 atom stereocenters. The molecule has 3 heterocycles. The molecule has 3 aromatic rings. The Morgan fingerprint density at radius 3 is 2.73 bits per heavy atom. The molecule has 0 aliphatic carbocycles. The highest BCUT2D eigenvalue weighted by Crippen LogP contribution is 2.31. The molecule has 0 spiro atoms. The number of hydrogen-bond donors (Lipinski definition) is 0. The molecule has 0 saturated heterocycles. The SMILES string of the molecule is C[C@@H](Sc1nnc(-c2ccncc2)n1C)C(=O)N1CCc2ccccc21. The fourth-order valence-corrected chi connectivity index (χ4v) is 4.04. The number of thioether (sulfide) groups is 1. The van der Waals surface area contributed by atoms with Crippen LogP contribution in [-0.2, 0) is 18.3 Å². The van der Waals surface area contributed by atoms with Crippen LogP contribution in [-0.4, -0.2) is 37.5 Å². The Kier molecular flexibility index (Phi) is 4.46. The van der Waals surface area contributed by atoms with Gasteiger partial charge in [-0.05, 0) is 37.1 Å². The molecule has 1 aromatic carbocycles. The number of amides is 1. The zero-order valence-corrected chi connectivity index (χ0v) is 15.5. The van der Waals surface area contributed by atoms with Crippen LogP contribution < -0.4 is 4.90 Å². The summed E-state index contributed by atoms with van der Waals surface area (Å²) in [6.07, 6.45) is 4.37. The molecular weight excluding hydrogens is 346 g/mol. The van der Waals surface area contributed by atoms with Gasteiger partial charge in [-0.3, -0.25) is 9.78 Å². The number of fused-ring (bicyclic) bond motifs is 1. The quantitative estimate of drug-likeness (QED) is 0.665. The average molecular weight is 365 g/mol. The van der Waals surface area contributed by atoms with Gasteiger partial charge in [-0.25, -0.2) is 0 Å². The third-order valence-electron chi connectivity index (χ3n) is 4.56. The van der Waals surface area contributed by atoms with E-state index in [2.05, 4.69) is 21.2 Å². The van der Waals surface area contributed by atoms with E-state index in [-0.39, 0.29) is 11.2 Å². The molecule has 7 heteroatoms. The van der Waals surface area contributed by atoms with Crippen LogP contribution in [0.4, 0.5) is 5.69 Å². The van der Waals surface area contributed by atoms with E-state index in [9.17, 15) is 4.79 Å². The molecule has 0 unspecified atom stereocenters. The Morgan fingerprint density at radius 2 is 1.92 bits per heavy atom. The van der Waals surface area contributed by atoms with Crippen molar-refractivity contribution in [2.75, 3.05) is 11.4 Å². The first-order valence-corrected chi connectivity index (χ1v) is 9.39. The van der Waals surface area contributed by atoms with Crippen LogP contribution in [0.2, 0.25) is 0 Å². The number of para-hydroxylation sites is 1. The predicted octanol–water partition coefficient (Wildman–Crippen LogP) is 2.95. The zero-order valence-electron chi connectivity index (χ0n) is 14.7. The molecule has 1 aliphatic heterocycles. The number of pyridine rings is 1. The second-order valence-corrected chi connectivity index (χ2v) is 7.54. The highest BCUT2D eigenvalue weighted by Gasteiger charge is 2.29. The summed E-state index contributed by atoms with van der Waals surface area (Å²) >= 11 is 1.44. The first-order valence-electron chi connectivity index (χ1n) is 8.51. The molecule has 0 fully saturated rings. The number of anilines is 1. The molecule has 0 radical (unpaired) electrons. The molecule has 26 heavy (non-hydrogen) atoms. The standard InChI is InChI=1S/C19H19N5OS/c1-13(18(25)24-12-9-14-5-3-4-6-16(14)24)26-19-22-21-17(23(19)2)15-7-10-20-11-8-15/h3-8,10-11,13H,9,12H2,1-2H3/t13-/m1/s1.